The Labute approximate surface area is 111 Å². The summed E-state index contributed by atoms with van der Waals surface area (Å²) >= 11 is 0. The Bertz CT molecular complexity index is 363. The van der Waals surface area contributed by atoms with E-state index in [0.717, 1.165) is 0 Å². The monoisotopic (exact) mass is 272 g/mol. The molecule has 0 radical (unpaired) electrons. The van der Waals surface area contributed by atoms with Crippen molar-refractivity contribution in [1.29, 1.82) is 0 Å². The molecule has 1 aliphatic rings. The van der Waals surface area contributed by atoms with E-state index in [1.165, 1.54) is 0 Å². The summed E-state index contributed by atoms with van der Waals surface area (Å²) in [5, 5.41) is 13.5. The molecule has 19 heavy (non-hydrogen) atoms. The van der Waals surface area contributed by atoms with Crippen molar-refractivity contribution >= 4 is 17.9 Å². The van der Waals surface area contributed by atoms with Gasteiger partial charge in [0.2, 0.25) is 5.91 Å². The predicted octanol–water partition coefficient (Wildman–Crippen LogP) is 0.492. The molecule has 1 saturated heterocycles. The van der Waals surface area contributed by atoms with Crippen molar-refractivity contribution in [2.45, 2.75) is 38.6 Å². The lowest BCUT2D eigenvalue weighted by Gasteiger charge is -2.23. The predicted molar refractivity (Wildman–Crippen MR) is 66.5 cm³/mol. The summed E-state index contributed by atoms with van der Waals surface area (Å²) in [5.41, 5.74) is -0.447. The summed E-state index contributed by atoms with van der Waals surface area (Å²) in [6.07, 6.45) is 0.609. The Morgan fingerprint density at radius 1 is 1.37 bits per heavy atom. The van der Waals surface area contributed by atoms with Gasteiger partial charge in [-0.25, -0.2) is 4.79 Å². The smallest absolute Gasteiger partial charge is 0.321 e. The third-order valence-corrected chi connectivity index (χ3v) is 2.94. The van der Waals surface area contributed by atoms with Gasteiger partial charge >= 0.3 is 12.0 Å². The molecule has 1 rings (SSSR count). The zero-order valence-electron chi connectivity index (χ0n) is 11.2. The standard InChI is InChI=1S/C12H20N2O5/c1-8(6-10(16)17)5-9(15)13-11(18)14-12(2)3-4-19-7-12/h8H,3-7H2,1-2H3,(H,16,17)(H2,13,14,15,18). The van der Waals surface area contributed by atoms with Crippen LogP contribution in [0.1, 0.15) is 33.1 Å². The Hall–Kier alpha value is -1.63. The van der Waals surface area contributed by atoms with Crippen LogP contribution in [0.5, 0.6) is 0 Å². The molecule has 0 aromatic rings. The van der Waals surface area contributed by atoms with Gasteiger partial charge in [0.1, 0.15) is 0 Å². The highest BCUT2D eigenvalue weighted by Crippen LogP contribution is 2.17. The van der Waals surface area contributed by atoms with Gasteiger partial charge in [0.05, 0.1) is 12.1 Å². The van der Waals surface area contributed by atoms with Crippen molar-refractivity contribution in [2.75, 3.05) is 13.2 Å². The average Bonchev–Trinajstić information content (AvgIpc) is 2.61. The molecule has 7 heteroatoms. The third-order valence-electron chi connectivity index (χ3n) is 2.94. The Balaban J connectivity index is 2.31. The van der Waals surface area contributed by atoms with E-state index >= 15 is 0 Å². The van der Waals surface area contributed by atoms with E-state index in [1.54, 1.807) is 6.92 Å². The lowest BCUT2D eigenvalue weighted by molar-refractivity contribution is -0.138. The van der Waals surface area contributed by atoms with Crippen molar-refractivity contribution in [2.24, 2.45) is 5.92 Å². The molecule has 0 spiro atoms. The fourth-order valence-corrected chi connectivity index (χ4v) is 1.94. The number of rotatable bonds is 5. The van der Waals surface area contributed by atoms with E-state index in [9.17, 15) is 14.4 Å². The number of carbonyl (C=O) groups excluding carboxylic acids is 2. The normalized spacial score (nSPS) is 23.7. The Kier molecular flexibility index (Phi) is 5.29. The summed E-state index contributed by atoms with van der Waals surface area (Å²) in [7, 11) is 0. The second-order valence-corrected chi connectivity index (χ2v) is 5.27. The number of amides is 3. The van der Waals surface area contributed by atoms with Gasteiger partial charge in [-0.1, -0.05) is 6.92 Å². The van der Waals surface area contributed by atoms with E-state index in [2.05, 4.69) is 10.6 Å². The van der Waals surface area contributed by atoms with Crippen molar-refractivity contribution in [3.8, 4) is 0 Å². The first kappa shape index (κ1) is 15.4. The van der Waals surface area contributed by atoms with Gasteiger partial charge in [0.25, 0.3) is 0 Å². The van der Waals surface area contributed by atoms with Gasteiger partial charge in [-0.15, -0.1) is 0 Å². The minimum atomic E-state index is -0.958. The molecule has 7 nitrogen and oxygen atoms in total. The highest BCUT2D eigenvalue weighted by atomic mass is 16.5. The fourth-order valence-electron chi connectivity index (χ4n) is 1.94. The summed E-state index contributed by atoms with van der Waals surface area (Å²) in [5.74, 6) is -1.75. The highest BCUT2D eigenvalue weighted by Gasteiger charge is 2.31. The molecule has 0 aromatic carbocycles. The molecule has 0 bridgehead atoms. The maximum absolute atomic E-state index is 11.6. The molecule has 2 unspecified atom stereocenters. The summed E-state index contributed by atoms with van der Waals surface area (Å²) < 4.78 is 5.18. The maximum Gasteiger partial charge on any atom is 0.321 e. The van der Waals surface area contributed by atoms with E-state index in [-0.39, 0.29) is 18.8 Å². The number of carboxylic acids is 1. The number of carbonyl (C=O) groups is 3. The molecule has 1 heterocycles. The van der Waals surface area contributed by atoms with Crippen molar-refractivity contribution < 1.29 is 24.2 Å². The molecule has 3 amide bonds. The number of carboxylic acid groups (broad SMARTS) is 1. The maximum atomic E-state index is 11.6. The Morgan fingerprint density at radius 3 is 2.58 bits per heavy atom. The molecular formula is C12H20N2O5. The van der Waals surface area contributed by atoms with E-state index in [0.29, 0.717) is 19.6 Å². The van der Waals surface area contributed by atoms with Crippen LogP contribution in [0.25, 0.3) is 0 Å². The first-order chi connectivity index (χ1) is 8.81. The number of imide groups is 1. The van der Waals surface area contributed by atoms with Crippen LogP contribution in [0.4, 0.5) is 4.79 Å². The number of hydrogen-bond acceptors (Lipinski definition) is 4. The van der Waals surface area contributed by atoms with Gasteiger partial charge in [-0.3, -0.25) is 14.9 Å². The van der Waals surface area contributed by atoms with Crippen LogP contribution in [0.2, 0.25) is 0 Å². The molecule has 2 atom stereocenters. The van der Waals surface area contributed by atoms with E-state index < -0.39 is 23.4 Å². The molecule has 3 N–H and O–H groups in total. The zero-order chi connectivity index (χ0) is 14.5. The van der Waals surface area contributed by atoms with Crippen LogP contribution < -0.4 is 10.6 Å². The first-order valence-electron chi connectivity index (χ1n) is 6.22. The highest BCUT2D eigenvalue weighted by molar-refractivity contribution is 5.94. The second-order valence-electron chi connectivity index (χ2n) is 5.27. The van der Waals surface area contributed by atoms with Gasteiger partial charge in [0.15, 0.2) is 0 Å². The van der Waals surface area contributed by atoms with Crippen LogP contribution in [0, 0.1) is 5.92 Å². The molecule has 108 valence electrons. The summed E-state index contributed by atoms with van der Waals surface area (Å²) in [4.78, 5) is 33.6. The fraction of sp³-hybridized carbons (Fsp3) is 0.750. The van der Waals surface area contributed by atoms with Crippen molar-refractivity contribution in [3.05, 3.63) is 0 Å². The van der Waals surface area contributed by atoms with Gasteiger partial charge in [0, 0.05) is 19.4 Å². The largest absolute Gasteiger partial charge is 0.481 e. The van der Waals surface area contributed by atoms with Crippen molar-refractivity contribution in [1.82, 2.24) is 10.6 Å². The lowest BCUT2D eigenvalue weighted by Crippen LogP contribution is -2.52. The number of ether oxygens (including phenoxy) is 1. The van der Waals surface area contributed by atoms with Crippen LogP contribution in [0.3, 0.4) is 0 Å². The van der Waals surface area contributed by atoms with Crippen LogP contribution in [-0.2, 0) is 14.3 Å². The van der Waals surface area contributed by atoms with Gasteiger partial charge in [-0.2, -0.15) is 0 Å². The van der Waals surface area contributed by atoms with Crippen LogP contribution in [0.15, 0.2) is 0 Å². The molecule has 0 saturated carbocycles. The molecule has 0 aromatic heterocycles. The number of aliphatic carboxylic acids is 1. The number of nitrogens with one attached hydrogen (secondary N) is 2. The summed E-state index contributed by atoms with van der Waals surface area (Å²) in [6, 6.07) is -0.569. The Morgan fingerprint density at radius 2 is 2.05 bits per heavy atom. The van der Waals surface area contributed by atoms with Crippen molar-refractivity contribution in [3.63, 3.8) is 0 Å². The zero-order valence-corrected chi connectivity index (χ0v) is 11.2. The molecule has 1 fully saturated rings. The number of hydrogen-bond donors (Lipinski definition) is 3. The topological polar surface area (TPSA) is 105 Å². The quantitative estimate of drug-likeness (QED) is 0.675. The minimum Gasteiger partial charge on any atom is -0.481 e. The van der Waals surface area contributed by atoms with Gasteiger partial charge in [-0.05, 0) is 19.3 Å². The molecule has 1 aliphatic heterocycles. The lowest BCUT2D eigenvalue weighted by atomic mass is 10.0. The SMILES string of the molecule is CC(CC(=O)O)CC(=O)NC(=O)NC1(C)CCOC1. The minimum absolute atomic E-state index is 0.00688. The summed E-state index contributed by atoms with van der Waals surface area (Å²) in [6.45, 7) is 4.50. The van der Waals surface area contributed by atoms with Crippen LogP contribution in [-0.4, -0.2) is 41.8 Å². The number of urea groups is 1. The van der Waals surface area contributed by atoms with Crippen LogP contribution >= 0.6 is 0 Å². The average molecular weight is 272 g/mol. The van der Waals surface area contributed by atoms with E-state index in [4.69, 9.17) is 9.84 Å². The van der Waals surface area contributed by atoms with E-state index in [1.807, 2.05) is 6.92 Å². The molecular weight excluding hydrogens is 252 g/mol. The molecule has 0 aliphatic carbocycles. The second kappa shape index (κ2) is 6.51. The van der Waals surface area contributed by atoms with Gasteiger partial charge < -0.3 is 15.2 Å². The first-order valence-corrected chi connectivity index (χ1v) is 6.22. The third kappa shape index (κ3) is 5.69.